The third-order valence-electron chi connectivity index (χ3n) is 3.38. The normalized spacial score (nSPS) is 25.7. The average Bonchev–Trinajstić information content (AvgIpc) is 2.41. The Balaban J connectivity index is 1.95. The van der Waals surface area contributed by atoms with Gasteiger partial charge in [-0.15, -0.1) is 0 Å². The molecule has 0 radical (unpaired) electrons. The summed E-state index contributed by atoms with van der Waals surface area (Å²) in [5, 5.41) is 3.25. The van der Waals surface area contributed by atoms with Gasteiger partial charge < -0.3 is 19.5 Å². The fourth-order valence-electron chi connectivity index (χ4n) is 2.37. The van der Waals surface area contributed by atoms with Gasteiger partial charge in [0.1, 0.15) is 23.7 Å². The highest BCUT2D eigenvalue weighted by Gasteiger charge is 2.42. The largest absolute Gasteiger partial charge is 0.494 e. The van der Waals surface area contributed by atoms with Crippen molar-refractivity contribution in [2.45, 2.75) is 38.5 Å². The summed E-state index contributed by atoms with van der Waals surface area (Å²) in [5.74, 6) is 1.69. The number of likely N-dealkylation sites (N-methyl/N-ethyl adjacent to an activating group) is 1. The summed E-state index contributed by atoms with van der Waals surface area (Å²) in [4.78, 5) is 0. The molecule has 3 unspecified atom stereocenters. The topological polar surface area (TPSA) is 39.7 Å². The Kier molecular flexibility index (Phi) is 5.05. The van der Waals surface area contributed by atoms with Crippen LogP contribution in [0.2, 0.25) is 0 Å². The molecular weight excluding hydrogens is 242 g/mol. The van der Waals surface area contributed by atoms with E-state index in [0.717, 1.165) is 17.9 Å². The molecule has 1 aliphatic rings. The minimum Gasteiger partial charge on any atom is -0.494 e. The number of nitrogens with one attached hydrogen (secondary N) is 1. The van der Waals surface area contributed by atoms with E-state index >= 15 is 0 Å². The van der Waals surface area contributed by atoms with E-state index in [-0.39, 0.29) is 12.2 Å². The highest BCUT2D eigenvalue weighted by Crippen LogP contribution is 2.30. The van der Waals surface area contributed by atoms with Crippen LogP contribution in [-0.4, -0.2) is 38.5 Å². The van der Waals surface area contributed by atoms with E-state index in [1.54, 1.807) is 0 Å². The lowest BCUT2D eigenvalue weighted by atomic mass is 9.85. The average molecular weight is 265 g/mol. The zero-order valence-corrected chi connectivity index (χ0v) is 11.9. The van der Waals surface area contributed by atoms with Crippen molar-refractivity contribution in [2.24, 2.45) is 0 Å². The molecule has 4 nitrogen and oxygen atoms in total. The highest BCUT2D eigenvalue weighted by atomic mass is 16.5. The molecule has 4 heteroatoms. The van der Waals surface area contributed by atoms with Crippen molar-refractivity contribution in [1.82, 2.24) is 5.32 Å². The zero-order valence-electron chi connectivity index (χ0n) is 11.9. The molecule has 1 saturated carbocycles. The second kappa shape index (κ2) is 6.78. The van der Waals surface area contributed by atoms with Gasteiger partial charge in [-0.2, -0.15) is 0 Å². The summed E-state index contributed by atoms with van der Waals surface area (Å²) in [7, 11) is 1.96. The first-order valence-electron chi connectivity index (χ1n) is 6.96. The van der Waals surface area contributed by atoms with Crippen molar-refractivity contribution in [1.29, 1.82) is 0 Å². The highest BCUT2D eigenvalue weighted by molar-refractivity contribution is 5.33. The number of hydrogen-bond donors (Lipinski definition) is 1. The zero-order chi connectivity index (χ0) is 13.7. The minimum atomic E-state index is 0.120. The summed E-state index contributed by atoms with van der Waals surface area (Å²) < 4.78 is 17.2. The lowest BCUT2D eigenvalue weighted by molar-refractivity contribution is -0.103. The maximum atomic E-state index is 5.99. The van der Waals surface area contributed by atoms with Crippen molar-refractivity contribution in [3.63, 3.8) is 0 Å². The molecule has 2 rings (SSSR count). The van der Waals surface area contributed by atoms with E-state index in [4.69, 9.17) is 14.2 Å². The van der Waals surface area contributed by atoms with Gasteiger partial charge in [-0.1, -0.05) is 6.07 Å². The van der Waals surface area contributed by atoms with Gasteiger partial charge in [0.25, 0.3) is 0 Å². The van der Waals surface area contributed by atoms with E-state index in [9.17, 15) is 0 Å². The second-order valence-electron chi connectivity index (χ2n) is 4.62. The fourth-order valence-corrected chi connectivity index (χ4v) is 2.37. The Bertz CT molecular complexity index is 397. The maximum absolute atomic E-state index is 5.99. The quantitative estimate of drug-likeness (QED) is 0.820. The third kappa shape index (κ3) is 3.39. The molecular formula is C15H23NO3. The van der Waals surface area contributed by atoms with Gasteiger partial charge in [0, 0.05) is 25.1 Å². The van der Waals surface area contributed by atoms with Crippen LogP contribution in [0.1, 0.15) is 20.3 Å². The second-order valence-corrected chi connectivity index (χ2v) is 4.62. The Morgan fingerprint density at radius 2 is 2.00 bits per heavy atom. The van der Waals surface area contributed by atoms with Crippen molar-refractivity contribution < 1.29 is 14.2 Å². The number of ether oxygens (including phenoxy) is 3. The molecule has 3 atom stereocenters. The van der Waals surface area contributed by atoms with E-state index < -0.39 is 0 Å². The van der Waals surface area contributed by atoms with Crippen LogP contribution in [0.25, 0.3) is 0 Å². The lowest BCUT2D eigenvalue weighted by Gasteiger charge is -2.43. The maximum Gasteiger partial charge on any atom is 0.128 e. The molecule has 1 N–H and O–H groups in total. The summed E-state index contributed by atoms with van der Waals surface area (Å²) in [5.41, 5.74) is 0. The predicted molar refractivity (Wildman–Crippen MR) is 74.9 cm³/mol. The van der Waals surface area contributed by atoms with E-state index in [0.29, 0.717) is 19.3 Å². The van der Waals surface area contributed by atoms with Gasteiger partial charge in [0.05, 0.1) is 6.61 Å². The minimum absolute atomic E-state index is 0.120. The molecule has 1 aromatic carbocycles. The number of hydrogen-bond acceptors (Lipinski definition) is 4. The van der Waals surface area contributed by atoms with Gasteiger partial charge in [-0.3, -0.25) is 0 Å². The van der Waals surface area contributed by atoms with Crippen molar-refractivity contribution >= 4 is 0 Å². The van der Waals surface area contributed by atoms with Crippen LogP contribution in [0.15, 0.2) is 24.3 Å². The Morgan fingerprint density at radius 3 is 2.68 bits per heavy atom. The molecule has 1 aromatic rings. The van der Waals surface area contributed by atoms with Gasteiger partial charge in [0.15, 0.2) is 0 Å². The fraction of sp³-hybridized carbons (Fsp3) is 0.600. The smallest absolute Gasteiger partial charge is 0.128 e. The van der Waals surface area contributed by atoms with Gasteiger partial charge in [-0.05, 0) is 33.0 Å². The van der Waals surface area contributed by atoms with Crippen molar-refractivity contribution in [3.8, 4) is 11.5 Å². The number of benzene rings is 1. The van der Waals surface area contributed by atoms with Crippen LogP contribution in [0.5, 0.6) is 11.5 Å². The van der Waals surface area contributed by atoms with Gasteiger partial charge >= 0.3 is 0 Å². The first-order chi connectivity index (χ1) is 9.28. The predicted octanol–water partition coefficient (Wildman–Crippen LogP) is 2.23. The van der Waals surface area contributed by atoms with Crippen LogP contribution in [0, 0.1) is 0 Å². The molecule has 0 aliphatic heterocycles. The molecule has 0 amide bonds. The standard InChI is InChI=1S/C15H23NO3/c1-4-17-11-7-6-8-12(9-11)19-14-10-13(16-3)15(14)18-5-2/h6-9,13-16H,4-5,10H2,1-3H3. The van der Waals surface area contributed by atoms with E-state index in [1.165, 1.54) is 0 Å². The molecule has 0 aromatic heterocycles. The molecule has 0 heterocycles. The lowest BCUT2D eigenvalue weighted by Crippen LogP contribution is -2.60. The summed E-state index contributed by atoms with van der Waals surface area (Å²) in [6.45, 7) is 5.36. The van der Waals surface area contributed by atoms with Gasteiger partial charge in [0.2, 0.25) is 0 Å². The van der Waals surface area contributed by atoms with Crippen molar-refractivity contribution in [2.75, 3.05) is 20.3 Å². The van der Waals surface area contributed by atoms with Crippen LogP contribution in [0.4, 0.5) is 0 Å². The van der Waals surface area contributed by atoms with Gasteiger partial charge in [-0.25, -0.2) is 0 Å². The number of rotatable bonds is 7. The van der Waals surface area contributed by atoms with Crippen LogP contribution in [0.3, 0.4) is 0 Å². The Labute approximate surface area is 115 Å². The molecule has 0 spiro atoms. The first kappa shape index (κ1) is 14.2. The van der Waals surface area contributed by atoms with E-state index in [2.05, 4.69) is 5.32 Å². The summed E-state index contributed by atoms with van der Waals surface area (Å²) >= 11 is 0. The Morgan fingerprint density at radius 1 is 1.21 bits per heavy atom. The third-order valence-corrected chi connectivity index (χ3v) is 3.38. The Hall–Kier alpha value is -1.26. The van der Waals surface area contributed by atoms with Crippen LogP contribution >= 0.6 is 0 Å². The SMILES string of the molecule is CCOc1cccc(OC2CC(NC)C2OCC)c1. The first-order valence-corrected chi connectivity index (χ1v) is 6.96. The van der Waals surface area contributed by atoms with Crippen LogP contribution < -0.4 is 14.8 Å². The molecule has 0 bridgehead atoms. The van der Waals surface area contributed by atoms with E-state index in [1.807, 2.05) is 45.2 Å². The molecule has 1 aliphatic carbocycles. The monoisotopic (exact) mass is 265 g/mol. The molecule has 19 heavy (non-hydrogen) atoms. The molecule has 106 valence electrons. The van der Waals surface area contributed by atoms with Crippen molar-refractivity contribution in [3.05, 3.63) is 24.3 Å². The molecule has 1 fully saturated rings. The summed E-state index contributed by atoms with van der Waals surface area (Å²) in [6.07, 6.45) is 1.22. The summed E-state index contributed by atoms with van der Waals surface area (Å²) in [6, 6.07) is 8.16. The molecule has 0 saturated heterocycles. The van der Waals surface area contributed by atoms with Crippen LogP contribution in [-0.2, 0) is 4.74 Å².